The van der Waals surface area contributed by atoms with Gasteiger partial charge in [-0.15, -0.1) is 0 Å². The van der Waals surface area contributed by atoms with Crippen LogP contribution >= 0.6 is 0 Å². The number of carbonyl (C=O) groups is 2. The summed E-state index contributed by atoms with van der Waals surface area (Å²) in [4.78, 5) is 25.3. The minimum absolute atomic E-state index is 0.0138. The van der Waals surface area contributed by atoms with Crippen LogP contribution in [0.2, 0.25) is 0 Å². The molecule has 3 aromatic carbocycles. The fourth-order valence-electron chi connectivity index (χ4n) is 4.81. The Morgan fingerprint density at radius 2 is 1.54 bits per heavy atom. The van der Waals surface area contributed by atoms with Crippen molar-refractivity contribution in [3.05, 3.63) is 95.6 Å². The molecular weight excluding hydrogens is 514 g/mol. The third kappa shape index (κ3) is 5.69. The van der Waals surface area contributed by atoms with Crippen molar-refractivity contribution in [1.29, 1.82) is 0 Å². The minimum atomic E-state index is -4.16. The van der Waals surface area contributed by atoms with E-state index in [0.717, 1.165) is 24.1 Å². The van der Waals surface area contributed by atoms with E-state index in [1.165, 1.54) is 13.2 Å². The van der Waals surface area contributed by atoms with Crippen LogP contribution in [0.15, 0.2) is 94.4 Å². The predicted molar refractivity (Wildman–Crippen MR) is 151 cm³/mol. The van der Waals surface area contributed by atoms with Crippen LogP contribution in [0.25, 0.3) is 16.8 Å². The number of benzene rings is 3. The summed E-state index contributed by atoms with van der Waals surface area (Å²) in [7, 11) is -0.842. The van der Waals surface area contributed by atoms with E-state index in [4.69, 9.17) is 9.84 Å². The summed E-state index contributed by atoms with van der Waals surface area (Å²) >= 11 is 0. The van der Waals surface area contributed by atoms with Crippen molar-refractivity contribution in [3.63, 3.8) is 0 Å². The lowest BCUT2D eigenvalue weighted by Gasteiger charge is -2.27. The maximum absolute atomic E-state index is 13.3. The topological polar surface area (TPSA) is 102 Å². The number of hydrogen-bond donors (Lipinski definition) is 1. The van der Waals surface area contributed by atoms with Gasteiger partial charge in [0.2, 0.25) is 0 Å². The van der Waals surface area contributed by atoms with Crippen LogP contribution < -0.4 is 4.72 Å². The molecule has 0 saturated heterocycles. The lowest BCUT2D eigenvalue weighted by atomic mass is 9.99. The van der Waals surface area contributed by atoms with E-state index in [0.29, 0.717) is 29.0 Å². The average molecular weight is 547 g/mol. The number of unbranched alkanes of at least 4 members (excludes halogenated alkanes) is 1. The van der Waals surface area contributed by atoms with E-state index in [2.05, 4.69) is 11.6 Å². The first kappa shape index (κ1) is 27.9. The zero-order valence-electron chi connectivity index (χ0n) is 22.5. The Kier molecular flexibility index (Phi) is 8.13. The first-order chi connectivity index (χ1) is 18.6. The largest absolute Gasteiger partial charge is 0.465 e. The molecule has 0 bridgehead atoms. The molecule has 0 radical (unpaired) electrons. The van der Waals surface area contributed by atoms with Crippen molar-refractivity contribution in [2.75, 3.05) is 20.7 Å². The van der Waals surface area contributed by atoms with Gasteiger partial charge >= 0.3 is 5.97 Å². The van der Waals surface area contributed by atoms with Crippen LogP contribution in [-0.2, 0) is 19.6 Å². The highest BCUT2D eigenvalue weighted by atomic mass is 32.2. The van der Waals surface area contributed by atoms with Gasteiger partial charge in [0.05, 0.1) is 19.1 Å². The molecule has 0 aromatic heterocycles. The van der Waals surface area contributed by atoms with Crippen molar-refractivity contribution >= 4 is 33.3 Å². The fourth-order valence-corrected chi connectivity index (χ4v) is 6.02. The Balaban J connectivity index is 1.72. The van der Waals surface area contributed by atoms with Crippen molar-refractivity contribution in [1.82, 2.24) is 4.72 Å². The molecule has 202 valence electrons. The number of hydrogen-bond acceptors (Lipinski definition) is 6. The number of quaternary nitrogens is 1. The number of carbonyl (C=O) groups excluding carboxylic acids is 2. The summed E-state index contributed by atoms with van der Waals surface area (Å²) in [6, 6.07) is 22.0. The monoisotopic (exact) mass is 546 g/mol. The van der Waals surface area contributed by atoms with Gasteiger partial charge in [-0.2, -0.15) is 4.59 Å². The van der Waals surface area contributed by atoms with E-state index in [-0.39, 0.29) is 15.1 Å². The summed E-state index contributed by atoms with van der Waals surface area (Å²) in [5.41, 5.74) is 3.93. The highest BCUT2D eigenvalue weighted by molar-refractivity contribution is 7.90. The summed E-state index contributed by atoms with van der Waals surface area (Å²) in [6.07, 6.45) is 1.90. The predicted octanol–water partition coefficient (Wildman–Crippen LogP) is 4.99. The van der Waals surface area contributed by atoms with Gasteiger partial charge in [0, 0.05) is 16.7 Å². The van der Waals surface area contributed by atoms with E-state index in [1.807, 2.05) is 31.3 Å². The lowest BCUT2D eigenvalue weighted by Crippen LogP contribution is -2.36. The smallest absolute Gasteiger partial charge is 0.346 e. The van der Waals surface area contributed by atoms with Crippen molar-refractivity contribution in [3.8, 4) is 11.1 Å². The average Bonchev–Trinajstić information content (AvgIpc) is 3.21. The second kappa shape index (κ2) is 11.3. The maximum atomic E-state index is 13.3. The quantitative estimate of drug-likeness (QED) is 0.301. The van der Waals surface area contributed by atoms with Crippen molar-refractivity contribution in [2.45, 2.75) is 31.6 Å². The second-order valence-electron chi connectivity index (χ2n) is 9.49. The van der Waals surface area contributed by atoms with Crippen molar-refractivity contribution in [2.24, 2.45) is 5.10 Å². The third-order valence-electron chi connectivity index (χ3n) is 6.70. The third-order valence-corrected chi connectivity index (χ3v) is 8.09. The molecule has 0 saturated carbocycles. The molecule has 39 heavy (non-hydrogen) atoms. The number of ether oxygens (including phenoxy) is 1. The molecule has 1 aliphatic heterocycles. The number of nitrogens with zero attached hydrogens (tertiary/aromatic N) is 2. The molecule has 1 atom stereocenters. The Bertz CT molecular complexity index is 1560. The Labute approximate surface area is 229 Å². The second-order valence-corrected chi connectivity index (χ2v) is 11.1. The molecule has 9 heteroatoms. The standard InChI is InChI=1S/C30H31N3O5S/c1-5-6-20-33(3)28(27(21(2)31-33)30(35)38-4)23-18-16-22(17-19-23)25-14-10-11-15-26(25)39(36,37)32-29(34)24-12-8-7-9-13-24/h7-19H,5-6,20H2,1-4H3/p+1. The van der Waals surface area contributed by atoms with E-state index in [9.17, 15) is 18.0 Å². The van der Waals surface area contributed by atoms with Gasteiger partial charge in [0.25, 0.3) is 15.9 Å². The number of methoxy groups -OCH3 is 1. The summed E-state index contributed by atoms with van der Waals surface area (Å²) in [5, 5.41) is 4.81. The van der Waals surface area contributed by atoms with Crippen LogP contribution in [0.1, 0.15) is 42.6 Å². The Hall–Kier alpha value is -4.08. The van der Waals surface area contributed by atoms with E-state index < -0.39 is 21.9 Å². The van der Waals surface area contributed by atoms with Crippen LogP contribution in [0.3, 0.4) is 0 Å². The van der Waals surface area contributed by atoms with Crippen LogP contribution in [0.5, 0.6) is 0 Å². The van der Waals surface area contributed by atoms with Gasteiger partial charge in [-0.1, -0.05) is 67.0 Å². The van der Waals surface area contributed by atoms with E-state index in [1.54, 1.807) is 55.5 Å². The molecule has 1 N–H and O–H groups in total. The minimum Gasteiger partial charge on any atom is -0.465 e. The molecule has 3 aromatic rings. The van der Waals surface area contributed by atoms with Gasteiger partial charge < -0.3 is 4.74 Å². The number of rotatable bonds is 9. The lowest BCUT2D eigenvalue weighted by molar-refractivity contribution is -0.844. The normalized spacial score (nSPS) is 17.1. The summed E-state index contributed by atoms with van der Waals surface area (Å²) < 4.78 is 34.0. The number of sulfonamides is 1. The molecule has 1 aliphatic rings. The molecule has 1 unspecified atom stereocenters. The zero-order valence-corrected chi connectivity index (χ0v) is 23.3. The maximum Gasteiger partial charge on any atom is 0.346 e. The highest BCUT2D eigenvalue weighted by Crippen LogP contribution is 2.38. The molecule has 0 aliphatic carbocycles. The first-order valence-corrected chi connectivity index (χ1v) is 14.2. The molecule has 4 rings (SSSR count). The van der Waals surface area contributed by atoms with E-state index >= 15 is 0 Å². The molecule has 0 spiro atoms. The van der Waals surface area contributed by atoms with Crippen LogP contribution in [0, 0.1) is 0 Å². The highest BCUT2D eigenvalue weighted by Gasteiger charge is 2.42. The van der Waals surface area contributed by atoms with Gasteiger partial charge in [-0.25, -0.2) is 17.9 Å². The summed E-state index contributed by atoms with van der Waals surface area (Å²) in [6.45, 7) is 4.63. The first-order valence-electron chi connectivity index (χ1n) is 12.7. The number of nitrogens with one attached hydrogen (secondary N) is 1. The Morgan fingerprint density at radius 1 is 0.923 bits per heavy atom. The fraction of sp³-hybridized carbons (Fsp3) is 0.233. The number of esters is 1. The molecular formula is C30H32N3O5S+. The van der Waals surface area contributed by atoms with Crippen LogP contribution in [-0.4, -0.2) is 51.3 Å². The van der Waals surface area contributed by atoms with Crippen molar-refractivity contribution < 1.29 is 27.3 Å². The summed E-state index contributed by atoms with van der Waals surface area (Å²) in [5.74, 6) is -1.15. The SMILES string of the molecule is CCCC[N+]1(C)N=C(C)C(C(=O)OC)=C1c1ccc(-c2ccccc2S(=O)(=O)NC(=O)c2ccccc2)cc1. The number of amides is 1. The zero-order chi connectivity index (χ0) is 28.2. The Morgan fingerprint density at radius 3 is 2.18 bits per heavy atom. The molecule has 8 nitrogen and oxygen atoms in total. The molecule has 1 amide bonds. The molecule has 1 heterocycles. The van der Waals surface area contributed by atoms with Gasteiger partial charge in [0.1, 0.15) is 17.8 Å². The van der Waals surface area contributed by atoms with Gasteiger partial charge in [-0.05, 0) is 49.2 Å². The van der Waals surface area contributed by atoms with Gasteiger partial charge in [-0.3, -0.25) is 4.79 Å². The molecule has 0 fully saturated rings. The van der Waals surface area contributed by atoms with Crippen LogP contribution in [0.4, 0.5) is 0 Å². The van der Waals surface area contributed by atoms with Gasteiger partial charge in [0.15, 0.2) is 5.70 Å².